The molecule has 1 aromatic carbocycles. The van der Waals surface area contributed by atoms with Crippen LogP contribution in [0.1, 0.15) is 31.4 Å². The molecule has 0 heterocycles. The highest BCUT2D eigenvalue weighted by Crippen LogP contribution is 2.15. The Balaban J connectivity index is 2.69. The number of nitrogens with one attached hydrogen (secondary N) is 1. The smallest absolute Gasteiger partial charge is 0.123 e. The summed E-state index contributed by atoms with van der Waals surface area (Å²) in [7, 11) is 1.73. The zero-order chi connectivity index (χ0) is 13.5. The number of aryl methyl sites for hydroxylation is 1. The molecular weight excluding hydrogens is 229 g/mol. The Labute approximate surface area is 110 Å². The zero-order valence-electron chi connectivity index (χ0n) is 11.8. The molecule has 102 valence electrons. The maximum atomic E-state index is 13.1. The van der Waals surface area contributed by atoms with E-state index in [1.54, 1.807) is 13.2 Å². The maximum absolute atomic E-state index is 13.1. The summed E-state index contributed by atoms with van der Waals surface area (Å²) < 4.78 is 18.4. The van der Waals surface area contributed by atoms with E-state index in [4.69, 9.17) is 4.74 Å². The number of halogens is 1. The largest absolute Gasteiger partial charge is 0.382 e. The van der Waals surface area contributed by atoms with E-state index in [-0.39, 0.29) is 11.9 Å². The van der Waals surface area contributed by atoms with E-state index >= 15 is 0 Å². The predicted octanol–water partition coefficient (Wildman–Crippen LogP) is 3.08. The minimum Gasteiger partial charge on any atom is -0.382 e. The van der Waals surface area contributed by atoms with Crippen molar-refractivity contribution in [2.24, 2.45) is 0 Å². The third kappa shape index (κ3) is 4.75. The molecule has 0 radical (unpaired) electrons. The molecule has 0 saturated heterocycles. The van der Waals surface area contributed by atoms with Crippen molar-refractivity contribution in [3.8, 4) is 0 Å². The van der Waals surface area contributed by atoms with Crippen LogP contribution in [0, 0.1) is 12.7 Å². The summed E-state index contributed by atoms with van der Waals surface area (Å²) >= 11 is 0. The Kier molecular flexibility index (Phi) is 6.30. The molecule has 0 aliphatic carbocycles. The minimum atomic E-state index is -0.165. The van der Waals surface area contributed by atoms with Crippen LogP contribution in [-0.4, -0.2) is 25.8 Å². The van der Waals surface area contributed by atoms with Crippen LogP contribution in [0.25, 0.3) is 0 Å². The molecule has 0 saturated carbocycles. The quantitative estimate of drug-likeness (QED) is 0.806. The SMILES string of the molecule is CCNC(Cc1ccc(F)cc1C)CC(C)OC. The first-order chi connectivity index (χ1) is 8.56. The zero-order valence-corrected chi connectivity index (χ0v) is 11.8. The van der Waals surface area contributed by atoms with Crippen molar-refractivity contribution in [2.75, 3.05) is 13.7 Å². The van der Waals surface area contributed by atoms with Crippen molar-refractivity contribution >= 4 is 0 Å². The van der Waals surface area contributed by atoms with Crippen molar-refractivity contribution in [3.63, 3.8) is 0 Å². The molecule has 0 fully saturated rings. The number of likely N-dealkylation sites (N-methyl/N-ethyl adjacent to an activating group) is 1. The van der Waals surface area contributed by atoms with Gasteiger partial charge >= 0.3 is 0 Å². The summed E-state index contributed by atoms with van der Waals surface area (Å²) in [6, 6.07) is 5.38. The van der Waals surface area contributed by atoms with Crippen molar-refractivity contribution < 1.29 is 9.13 Å². The van der Waals surface area contributed by atoms with Gasteiger partial charge in [0.15, 0.2) is 0 Å². The molecule has 0 amide bonds. The first-order valence-electron chi connectivity index (χ1n) is 6.58. The Hall–Kier alpha value is -0.930. The molecule has 1 rings (SSSR count). The fourth-order valence-corrected chi connectivity index (χ4v) is 2.18. The van der Waals surface area contributed by atoms with Crippen LogP contribution in [-0.2, 0) is 11.2 Å². The lowest BCUT2D eigenvalue weighted by Gasteiger charge is -2.22. The second-order valence-corrected chi connectivity index (χ2v) is 4.81. The van der Waals surface area contributed by atoms with Gasteiger partial charge in [0.05, 0.1) is 6.10 Å². The van der Waals surface area contributed by atoms with Gasteiger partial charge in [0.2, 0.25) is 0 Å². The minimum absolute atomic E-state index is 0.165. The summed E-state index contributed by atoms with van der Waals surface area (Å²) in [4.78, 5) is 0. The first-order valence-corrected chi connectivity index (χ1v) is 6.58. The number of ether oxygens (including phenoxy) is 1. The van der Waals surface area contributed by atoms with Crippen LogP contribution < -0.4 is 5.32 Å². The number of hydrogen-bond donors (Lipinski definition) is 1. The average Bonchev–Trinajstić information content (AvgIpc) is 2.32. The van der Waals surface area contributed by atoms with Crippen molar-refractivity contribution in [3.05, 3.63) is 35.1 Å². The molecule has 2 atom stereocenters. The summed E-state index contributed by atoms with van der Waals surface area (Å²) in [6.45, 7) is 7.06. The average molecular weight is 253 g/mol. The standard InChI is InChI=1S/C15H24FNO/c1-5-17-15(9-12(3)18-4)10-13-6-7-14(16)8-11(13)2/h6-8,12,15,17H,5,9-10H2,1-4H3. The van der Waals surface area contributed by atoms with Gasteiger partial charge in [-0.25, -0.2) is 4.39 Å². The van der Waals surface area contributed by atoms with Crippen LogP contribution in [0.3, 0.4) is 0 Å². The van der Waals surface area contributed by atoms with Gasteiger partial charge in [-0.15, -0.1) is 0 Å². The molecule has 2 unspecified atom stereocenters. The maximum Gasteiger partial charge on any atom is 0.123 e. The Bertz CT molecular complexity index is 368. The number of hydrogen-bond acceptors (Lipinski definition) is 2. The van der Waals surface area contributed by atoms with Gasteiger partial charge in [0, 0.05) is 13.2 Å². The number of methoxy groups -OCH3 is 1. The molecular formula is C15H24FNO. The second kappa shape index (κ2) is 7.49. The van der Waals surface area contributed by atoms with Crippen LogP contribution in [0.5, 0.6) is 0 Å². The lowest BCUT2D eigenvalue weighted by atomic mass is 9.97. The Morgan fingerprint density at radius 2 is 2.11 bits per heavy atom. The van der Waals surface area contributed by atoms with Crippen molar-refractivity contribution in [1.82, 2.24) is 5.32 Å². The first kappa shape index (κ1) is 15.1. The monoisotopic (exact) mass is 253 g/mol. The highest BCUT2D eigenvalue weighted by molar-refractivity contribution is 5.27. The summed E-state index contributed by atoms with van der Waals surface area (Å²) in [5, 5.41) is 3.46. The molecule has 1 N–H and O–H groups in total. The van der Waals surface area contributed by atoms with E-state index in [1.165, 1.54) is 11.6 Å². The van der Waals surface area contributed by atoms with Gasteiger partial charge in [-0.3, -0.25) is 0 Å². The fraction of sp³-hybridized carbons (Fsp3) is 0.600. The summed E-state index contributed by atoms with van der Waals surface area (Å²) in [6.07, 6.45) is 2.10. The van der Waals surface area contributed by atoms with Gasteiger partial charge < -0.3 is 10.1 Å². The third-order valence-corrected chi connectivity index (χ3v) is 3.28. The molecule has 1 aromatic rings. The summed E-state index contributed by atoms with van der Waals surface area (Å²) in [5.41, 5.74) is 2.22. The fourth-order valence-electron chi connectivity index (χ4n) is 2.18. The van der Waals surface area contributed by atoms with Crippen LogP contribution >= 0.6 is 0 Å². The second-order valence-electron chi connectivity index (χ2n) is 4.81. The normalized spacial score (nSPS) is 14.5. The molecule has 0 aliphatic heterocycles. The van der Waals surface area contributed by atoms with E-state index in [1.807, 2.05) is 13.0 Å². The molecule has 0 aromatic heterocycles. The van der Waals surface area contributed by atoms with Crippen LogP contribution in [0.2, 0.25) is 0 Å². The van der Waals surface area contributed by atoms with Gasteiger partial charge in [-0.05, 0) is 56.5 Å². The molecule has 18 heavy (non-hydrogen) atoms. The molecule has 0 aliphatic rings. The Morgan fingerprint density at radius 1 is 1.39 bits per heavy atom. The topological polar surface area (TPSA) is 21.3 Å². The van der Waals surface area contributed by atoms with E-state index < -0.39 is 0 Å². The molecule has 2 nitrogen and oxygen atoms in total. The van der Waals surface area contributed by atoms with Crippen LogP contribution in [0.4, 0.5) is 4.39 Å². The van der Waals surface area contributed by atoms with Gasteiger partial charge in [-0.1, -0.05) is 13.0 Å². The van der Waals surface area contributed by atoms with Crippen LogP contribution in [0.15, 0.2) is 18.2 Å². The Morgan fingerprint density at radius 3 is 2.67 bits per heavy atom. The summed E-state index contributed by atoms with van der Waals surface area (Å²) in [5.74, 6) is -0.165. The van der Waals surface area contributed by atoms with Gasteiger partial charge in [0.25, 0.3) is 0 Å². The van der Waals surface area contributed by atoms with E-state index in [0.717, 1.165) is 24.9 Å². The molecule has 0 bridgehead atoms. The number of rotatable bonds is 7. The van der Waals surface area contributed by atoms with Crippen molar-refractivity contribution in [1.29, 1.82) is 0 Å². The van der Waals surface area contributed by atoms with E-state index in [2.05, 4.69) is 19.2 Å². The molecule has 0 spiro atoms. The highest BCUT2D eigenvalue weighted by atomic mass is 19.1. The van der Waals surface area contributed by atoms with Gasteiger partial charge in [-0.2, -0.15) is 0 Å². The number of benzene rings is 1. The van der Waals surface area contributed by atoms with E-state index in [9.17, 15) is 4.39 Å². The predicted molar refractivity (Wildman–Crippen MR) is 73.4 cm³/mol. The van der Waals surface area contributed by atoms with Gasteiger partial charge in [0.1, 0.15) is 5.82 Å². The highest BCUT2D eigenvalue weighted by Gasteiger charge is 2.13. The van der Waals surface area contributed by atoms with E-state index in [0.29, 0.717) is 6.04 Å². The lowest BCUT2D eigenvalue weighted by Crippen LogP contribution is -2.34. The van der Waals surface area contributed by atoms with Crippen molar-refractivity contribution in [2.45, 2.75) is 45.8 Å². The molecule has 3 heteroatoms. The lowest BCUT2D eigenvalue weighted by molar-refractivity contribution is 0.101. The third-order valence-electron chi connectivity index (χ3n) is 3.28.